The Hall–Kier alpha value is -1.22. The first-order valence-electron chi connectivity index (χ1n) is 5.87. The number of anilines is 1. The number of nitrogen functional groups attached to an aromatic ring is 1. The smallest absolute Gasteiger partial charge is 0.123 e. The topological polar surface area (TPSA) is 38.5 Å². The van der Waals surface area contributed by atoms with Gasteiger partial charge in [0.1, 0.15) is 5.75 Å². The molecule has 1 rings (SSSR count). The quantitative estimate of drug-likeness (QED) is 0.752. The second-order valence-electron chi connectivity index (χ2n) is 4.04. The third kappa shape index (κ3) is 3.74. The van der Waals surface area contributed by atoms with Crippen molar-refractivity contribution in [1.82, 2.24) is 4.90 Å². The van der Waals surface area contributed by atoms with Crippen molar-refractivity contribution in [3.8, 4) is 5.75 Å². The fourth-order valence-corrected chi connectivity index (χ4v) is 1.77. The van der Waals surface area contributed by atoms with Crippen molar-refractivity contribution >= 4 is 5.69 Å². The molecule has 0 bridgehead atoms. The number of nitrogens with zero attached hydrogens (tertiary/aromatic N) is 1. The van der Waals surface area contributed by atoms with E-state index in [-0.39, 0.29) is 0 Å². The highest BCUT2D eigenvalue weighted by atomic mass is 16.5. The van der Waals surface area contributed by atoms with Gasteiger partial charge in [0.15, 0.2) is 0 Å². The Morgan fingerprint density at radius 3 is 2.69 bits per heavy atom. The molecule has 0 unspecified atom stereocenters. The predicted octanol–water partition coefficient (Wildman–Crippen LogP) is 2.51. The van der Waals surface area contributed by atoms with Crippen molar-refractivity contribution in [1.29, 1.82) is 0 Å². The average molecular weight is 222 g/mol. The number of ether oxygens (including phenoxy) is 1. The van der Waals surface area contributed by atoms with Gasteiger partial charge in [0.05, 0.1) is 6.61 Å². The molecule has 1 aromatic carbocycles. The van der Waals surface area contributed by atoms with E-state index in [1.165, 1.54) is 0 Å². The number of nitrogens with two attached hydrogens (primary N) is 1. The zero-order valence-electron chi connectivity index (χ0n) is 10.5. The summed E-state index contributed by atoms with van der Waals surface area (Å²) in [4.78, 5) is 2.28. The van der Waals surface area contributed by atoms with Gasteiger partial charge >= 0.3 is 0 Å². The van der Waals surface area contributed by atoms with Crippen LogP contribution in [0.4, 0.5) is 5.69 Å². The van der Waals surface area contributed by atoms with E-state index in [0.29, 0.717) is 6.61 Å². The fourth-order valence-electron chi connectivity index (χ4n) is 1.77. The van der Waals surface area contributed by atoms with Crippen molar-refractivity contribution in [2.75, 3.05) is 25.9 Å². The average Bonchev–Trinajstić information content (AvgIpc) is 2.22. The summed E-state index contributed by atoms with van der Waals surface area (Å²) in [5, 5.41) is 0. The minimum absolute atomic E-state index is 0.689. The number of hydrogen-bond donors (Lipinski definition) is 1. The van der Waals surface area contributed by atoms with Crippen molar-refractivity contribution in [2.24, 2.45) is 0 Å². The van der Waals surface area contributed by atoms with Crippen LogP contribution in [0.5, 0.6) is 5.75 Å². The highest BCUT2D eigenvalue weighted by Crippen LogP contribution is 2.22. The minimum Gasteiger partial charge on any atom is -0.494 e. The van der Waals surface area contributed by atoms with Crippen LogP contribution < -0.4 is 10.5 Å². The lowest BCUT2D eigenvalue weighted by Crippen LogP contribution is -2.19. The summed E-state index contributed by atoms with van der Waals surface area (Å²) in [5.41, 5.74) is 7.76. The van der Waals surface area contributed by atoms with Crippen LogP contribution >= 0.6 is 0 Å². The zero-order chi connectivity index (χ0) is 12.0. The Labute approximate surface area is 98.2 Å². The Bertz CT molecular complexity index is 326. The molecule has 2 N–H and O–H groups in total. The summed E-state index contributed by atoms with van der Waals surface area (Å²) < 4.78 is 5.59. The lowest BCUT2D eigenvalue weighted by Gasteiger charge is -2.18. The molecule has 0 spiro atoms. The van der Waals surface area contributed by atoms with E-state index in [0.717, 1.165) is 36.5 Å². The Kier molecular flexibility index (Phi) is 5.12. The molecule has 0 aliphatic carbocycles. The summed E-state index contributed by atoms with van der Waals surface area (Å²) in [7, 11) is 2.11. The second-order valence-corrected chi connectivity index (χ2v) is 4.04. The lowest BCUT2D eigenvalue weighted by atomic mass is 10.1. The third-order valence-electron chi connectivity index (χ3n) is 2.43. The molecule has 0 amide bonds. The van der Waals surface area contributed by atoms with Gasteiger partial charge in [-0.1, -0.05) is 6.92 Å². The van der Waals surface area contributed by atoms with Gasteiger partial charge in [-0.3, -0.25) is 0 Å². The van der Waals surface area contributed by atoms with Crippen LogP contribution in [0, 0.1) is 0 Å². The summed E-state index contributed by atoms with van der Waals surface area (Å²) in [6, 6.07) is 5.83. The van der Waals surface area contributed by atoms with Crippen molar-refractivity contribution in [2.45, 2.75) is 26.8 Å². The maximum absolute atomic E-state index is 5.80. The number of rotatable bonds is 6. The molecule has 16 heavy (non-hydrogen) atoms. The standard InChI is InChI=1S/C13H22N2O/c1-4-8-15(3)10-11-9-12(14)6-7-13(11)16-5-2/h6-7,9H,4-5,8,10,14H2,1-3H3. The SMILES string of the molecule is CCCN(C)Cc1cc(N)ccc1OCC. The molecule has 0 heterocycles. The van der Waals surface area contributed by atoms with Crippen LogP contribution in [0.1, 0.15) is 25.8 Å². The number of benzene rings is 1. The fraction of sp³-hybridized carbons (Fsp3) is 0.538. The summed E-state index contributed by atoms with van der Waals surface area (Å²) in [5.74, 6) is 0.944. The van der Waals surface area contributed by atoms with Gasteiger partial charge in [0.25, 0.3) is 0 Å². The van der Waals surface area contributed by atoms with Crippen LogP contribution in [0.3, 0.4) is 0 Å². The highest BCUT2D eigenvalue weighted by Gasteiger charge is 2.06. The molecule has 0 aliphatic heterocycles. The van der Waals surface area contributed by atoms with Crippen LogP contribution in [0.15, 0.2) is 18.2 Å². The third-order valence-corrected chi connectivity index (χ3v) is 2.43. The Morgan fingerprint density at radius 2 is 2.06 bits per heavy atom. The van der Waals surface area contributed by atoms with Crippen LogP contribution in [-0.4, -0.2) is 25.1 Å². The molecule has 0 saturated heterocycles. The predicted molar refractivity (Wildman–Crippen MR) is 68.6 cm³/mol. The van der Waals surface area contributed by atoms with E-state index in [4.69, 9.17) is 10.5 Å². The molecule has 0 aliphatic rings. The molecule has 3 heteroatoms. The van der Waals surface area contributed by atoms with Crippen molar-refractivity contribution in [3.05, 3.63) is 23.8 Å². The summed E-state index contributed by atoms with van der Waals surface area (Å²) in [6.07, 6.45) is 1.16. The lowest BCUT2D eigenvalue weighted by molar-refractivity contribution is 0.303. The Balaban J connectivity index is 2.78. The molecule has 0 fully saturated rings. The molecule has 0 aromatic heterocycles. The summed E-state index contributed by atoms with van der Waals surface area (Å²) >= 11 is 0. The van der Waals surface area contributed by atoms with Crippen molar-refractivity contribution in [3.63, 3.8) is 0 Å². The van der Waals surface area contributed by atoms with E-state index in [2.05, 4.69) is 18.9 Å². The largest absolute Gasteiger partial charge is 0.494 e. The number of hydrogen-bond acceptors (Lipinski definition) is 3. The maximum atomic E-state index is 5.80. The first-order valence-corrected chi connectivity index (χ1v) is 5.87. The highest BCUT2D eigenvalue weighted by molar-refractivity contribution is 5.47. The summed E-state index contributed by atoms with van der Waals surface area (Å²) in [6.45, 7) is 6.83. The molecular formula is C13H22N2O. The maximum Gasteiger partial charge on any atom is 0.123 e. The van der Waals surface area contributed by atoms with E-state index in [1.807, 2.05) is 25.1 Å². The van der Waals surface area contributed by atoms with Gasteiger partial charge in [0, 0.05) is 17.8 Å². The molecule has 90 valence electrons. The van der Waals surface area contributed by atoms with Crippen molar-refractivity contribution < 1.29 is 4.74 Å². The van der Waals surface area contributed by atoms with E-state index in [1.54, 1.807) is 0 Å². The van der Waals surface area contributed by atoms with Gasteiger partial charge in [0.2, 0.25) is 0 Å². The van der Waals surface area contributed by atoms with Crippen LogP contribution in [0.25, 0.3) is 0 Å². The van der Waals surface area contributed by atoms with Gasteiger partial charge in [-0.05, 0) is 45.1 Å². The van der Waals surface area contributed by atoms with Crippen LogP contribution in [0.2, 0.25) is 0 Å². The molecule has 3 nitrogen and oxygen atoms in total. The molecule has 0 atom stereocenters. The van der Waals surface area contributed by atoms with Gasteiger partial charge in [-0.15, -0.1) is 0 Å². The monoisotopic (exact) mass is 222 g/mol. The molecule has 1 aromatic rings. The van der Waals surface area contributed by atoms with Gasteiger partial charge in [-0.2, -0.15) is 0 Å². The second kappa shape index (κ2) is 6.38. The van der Waals surface area contributed by atoms with E-state index >= 15 is 0 Å². The normalized spacial score (nSPS) is 10.8. The van der Waals surface area contributed by atoms with Crippen LogP contribution in [-0.2, 0) is 6.54 Å². The molecular weight excluding hydrogens is 200 g/mol. The first kappa shape index (κ1) is 12.8. The van der Waals surface area contributed by atoms with E-state index < -0.39 is 0 Å². The first-order chi connectivity index (χ1) is 7.67. The minimum atomic E-state index is 0.689. The zero-order valence-corrected chi connectivity index (χ0v) is 10.5. The Morgan fingerprint density at radius 1 is 1.31 bits per heavy atom. The van der Waals surface area contributed by atoms with Gasteiger partial charge in [-0.25, -0.2) is 0 Å². The molecule has 0 radical (unpaired) electrons. The molecule has 0 saturated carbocycles. The van der Waals surface area contributed by atoms with Gasteiger partial charge < -0.3 is 15.4 Å². The van der Waals surface area contributed by atoms with E-state index in [9.17, 15) is 0 Å².